The molecule has 1 saturated heterocycles. The maximum Gasteiger partial charge on any atom is 0.210 e. The van der Waals surface area contributed by atoms with Crippen molar-refractivity contribution >= 4 is 31.4 Å². The largest absolute Gasteiger partial charge is 0.300 e. The summed E-state index contributed by atoms with van der Waals surface area (Å²) in [5.41, 5.74) is 0. The fourth-order valence-electron chi connectivity index (χ4n) is 2.76. The number of hydrogen-bond acceptors (Lipinski definition) is 5. The third-order valence-electron chi connectivity index (χ3n) is 4.01. The molecule has 3 rings (SSSR count). The summed E-state index contributed by atoms with van der Waals surface area (Å²) in [5.74, 6) is 0.0450. The molecule has 0 aliphatic carbocycles. The zero-order chi connectivity index (χ0) is 15.6. The number of sulfonamides is 1. The van der Waals surface area contributed by atoms with E-state index >= 15 is 0 Å². The topological polar surface area (TPSA) is 66.6 Å². The normalized spacial score (nSPS) is 18.0. The van der Waals surface area contributed by atoms with E-state index in [1.807, 2.05) is 11.3 Å². The SMILES string of the molecule is NS(=O)(=O)CCN1CCN(Cc2cc3ccccc3s2)CC1. The first-order valence-electron chi connectivity index (χ1n) is 7.42. The average Bonchev–Trinajstić information content (AvgIpc) is 2.88. The lowest BCUT2D eigenvalue weighted by Gasteiger charge is -2.34. The van der Waals surface area contributed by atoms with Crippen LogP contribution >= 0.6 is 11.3 Å². The Morgan fingerprint density at radius 3 is 2.45 bits per heavy atom. The summed E-state index contributed by atoms with van der Waals surface area (Å²) in [6.45, 7) is 5.26. The highest BCUT2D eigenvalue weighted by Gasteiger charge is 2.18. The summed E-state index contributed by atoms with van der Waals surface area (Å²) >= 11 is 1.85. The maximum absolute atomic E-state index is 11.0. The van der Waals surface area contributed by atoms with Crippen LogP contribution in [0.4, 0.5) is 0 Å². The van der Waals surface area contributed by atoms with Crippen LogP contribution in [0.3, 0.4) is 0 Å². The Morgan fingerprint density at radius 1 is 1.09 bits per heavy atom. The molecule has 0 unspecified atom stereocenters. The van der Waals surface area contributed by atoms with Crippen LogP contribution in [0.5, 0.6) is 0 Å². The molecule has 0 saturated carbocycles. The Labute approximate surface area is 135 Å². The van der Waals surface area contributed by atoms with Gasteiger partial charge in [-0.25, -0.2) is 13.6 Å². The Kier molecular flexibility index (Phi) is 4.79. The van der Waals surface area contributed by atoms with Crippen molar-refractivity contribution in [1.82, 2.24) is 9.80 Å². The number of rotatable bonds is 5. The standard InChI is InChI=1S/C15H21N3O2S2/c16-22(19,20)10-9-17-5-7-18(8-6-17)12-14-11-13-3-1-2-4-15(13)21-14/h1-4,11H,5-10,12H2,(H2,16,19,20). The Balaban J connectivity index is 1.51. The number of benzene rings is 1. The second-order valence-electron chi connectivity index (χ2n) is 5.74. The molecule has 1 aromatic carbocycles. The lowest BCUT2D eigenvalue weighted by Crippen LogP contribution is -2.47. The van der Waals surface area contributed by atoms with E-state index < -0.39 is 10.0 Å². The molecule has 7 heteroatoms. The number of nitrogens with zero attached hydrogens (tertiary/aromatic N) is 2. The summed E-state index contributed by atoms with van der Waals surface area (Å²) in [6, 6.07) is 10.7. The second kappa shape index (κ2) is 6.64. The summed E-state index contributed by atoms with van der Waals surface area (Å²) in [5, 5.41) is 6.37. The molecule has 1 aliphatic heterocycles. The third-order valence-corrected chi connectivity index (χ3v) is 5.87. The molecule has 1 aromatic heterocycles. The monoisotopic (exact) mass is 339 g/mol. The minimum atomic E-state index is -3.35. The lowest BCUT2D eigenvalue weighted by atomic mass is 10.2. The van der Waals surface area contributed by atoms with Gasteiger partial charge in [-0.2, -0.15) is 0 Å². The molecule has 1 aliphatic rings. The van der Waals surface area contributed by atoms with Crippen LogP contribution < -0.4 is 5.14 Å². The first-order chi connectivity index (χ1) is 10.5. The van der Waals surface area contributed by atoms with Gasteiger partial charge in [0.1, 0.15) is 0 Å². The van der Waals surface area contributed by atoms with Crippen molar-refractivity contribution in [2.75, 3.05) is 38.5 Å². The molecule has 2 heterocycles. The summed E-state index contributed by atoms with van der Waals surface area (Å²) in [4.78, 5) is 5.99. The molecule has 2 aromatic rings. The van der Waals surface area contributed by atoms with Gasteiger partial charge in [0.25, 0.3) is 0 Å². The number of hydrogen-bond donors (Lipinski definition) is 1. The molecule has 0 bridgehead atoms. The second-order valence-corrected chi connectivity index (χ2v) is 8.64. The molecule has 0 spiro atoms. The zero-order valence-corrected chi connectivity index (χ0v) is 14.1. The number of primary sulfonamides is 1. The molecule has 2 N–H and O–H groups in total. The zero-order valence-electron chi connectivity index (χ0n) is 12.4. The number of nitrogens with two attached hydrogens (primary N) is 1. The van der Waals surface area contributed by atoms with Crippen LogP contribution in [0.1, 0.15) is 4.88 Å². The van der Waals surface area contributed by atoms with Gasteiger partial charge in [0.05, 0.1) is 5.75 Å². The molecular weight excluding hydrogens is 318 g/mol. The van der Waals surface area contributed by atoms with Gasteiger partial charge in [0.15, 0.2) is 0 Å². The highest BCUT2D eigenvalue weighted by atomic mass is 32.2. The third kappa shape index (κ3) is 4.27. The molecule has 120 valence electrons. The predicted octanol–water partition coefficient (Wildman–Crippen LogP) is 1.31. The molecule has 0 atom stereocenters. The molecule has 1 fully saturated rings. The van der Waals surface area contributed by atoms with E-state index in [1.54, 1.807) is 0 Å². The van der Waals surface area contributed by atoms with Crippen LogP contribution in [-0.4, -0.2) is 56.7 Å². The van der Waals surface area contributed by atoms with Crippen molar-refractivity contribution in [3.8, 4) is 0 Å². The van der Waals surface area contributed by atoms with Gasteiger partial charge in [0, 0.05) is 48.8 Å². The number of thiophene rings is 1. The predicted molar refractivity (Wildman–Crippen MR) is 91.5 cm³/mol. The summed E-state index contributed by atoms with van der Waals surface area (Å²) < 4.78 is 23.4. The Hall–Kier alpha value is -0.990. The van der Waals surface area contributed by atoms with Crippen LogP contribution in [0.2, 0.25) is 0 Å². The molecule has 0 amide bonds. The van der Waals surface area contributed by atoms with Gasteiger partial charge in [0.2, 0.25) is 10.0 Å². The van der Waals surface area contributed by atoms with E-state index in [4.69, 9.17) is 5.14 Å². The first kappa shape index (κ1) is 15.9. The van der Waals surface area contributed by atoms with Crippen LogP contribution in [0.15, 0.2) is 30.3 Å². The fourth-order valence-corrected chi connectivity index (χ4v) is 4.38. The van der Waals surface area contributed by atoms with E-state index in [0.29, 0.717) is 6.54 Å². The van der Waals surface area contributed by atoms with Crippen molar-refractivity contribution in [2.24, 2.45) is 5.14 Å². The van der Waals surface area contributed by atoms with Gasteiger partial charge >= 0.3 is 0 Å². The smallest absolute Gasteiger partial charge is 0.210 e. The van der Waals surface area contributed by atoms with E-state index in [2.05, 4.69) is 40.1 Å². The van der Waals surface area contributed by atoms with Crippen molar-refractivity contribution in [3.05, 3.63) is 35.2 Å². The number of piperazine rings is 1. The molecule has 5 nitrogen and oxygen atoms in total. The number of fused-ring (bicyclic) bond motifs is 1. The first-order valence-corrected chi connectivity index (χ1v) is 9.95. The van der Waals surface area contributed by atoms with Crippen LogP contribution in [0, 0.1) is 0 Å². The van der Waals surface area contributed by atoms with Crippen LogP contribution in [0.25, 0.3) is 10.1 Å². The van der Waals surface area contributed by atoms with Crippen molar-refractivity contribution in [3.63, 3.8) is 0 Å². The highest BCUT2D eigenvalue weighted by Crippen LogP contribution is 2.26. The van der Waals surface area contributed by atoms with Gasteiger partial charge < -0.3 is 0 Å². The average molecular weight is 339 g/mol. The van der Waals surface area contributed by atoms with Crippen LogP contribution in [-0.2, 0) is 16.6 Å². The fraction of sp³-hybridized carbons (Fsp3) is 0.467. The van der Waals surface area contributed by atoms with Gasteiger partial charge in [-0.1, -0.05) is 18.2 Å². The molecule has 0 radical (unpaired) electrons. The van der Waals surface area contributed by atoms with Gasteiger partial charge in [-0.3, -0.25) is 9.80 Å². The molecular formula is C15H21N3O2S2. The quantitative estimate of drug-likeness (QED) is 0.892. The maximum atomic E-state index is 11.0. The van der Waals surface area contributed by atoms with Gasteiger partial charge in [-0.05, 0) is 17.5 Å². The Morgan fingerprint density at radius 2 is 1.77 bits per heavy atom. The van der Waals surface area contributed by atoms with Gasteiger partial charge in [-0.15, -0.1) is 11.3 Å². The van der Waals surface area contributed by atoms with E-state index in [9.17, 15) is 8.42 Å². The van der Waals surface area contributed by atoms with Crippen molar-refractivity contribution in [1.29, 1.82) is 0 Å². The molecule has 22 heavy (non-hydrogen) atoms. The summed E-state index contributed by atoms with van der Waals surface area (Å²) in [6.07, 6.45) is 0. The summed E-state index contributed by atoms with van der Waals surface area (Å²) in [7, 11) is -3.35. The lowest BCUT2D eigenvalue weighted by molar-refractivity contribution is 0.133. The van der Waals surface area contributed by atoms with E-state index in [-0.39, 0.29) is 5.75 Å². The van der Waals surface area contributed by atoms with Crippen molar-refractivity contribution in [2.45, 2.75) is 6.54 Å². The minimum absolute atomic E-state index is 0.0450. The highest BCUT2D eigenvalue weighted by molar-refractivity contribution is 7.89. The minimum Gasteiger partial charge on any atom is -0.300 e. The van der Waals surface area contributed by atoms with E-state index in [1.165, 1.54) is 15.0 Å². The van der Waals surface area contributed by atoms with E-state index in [0.717, 1.165) is 32.7 Å². The van der Waals surface area contributed by atoms with Crippen molar-refractivity contribution < 1.29 is 8.42 Å². The Bertz CT molecular complexity index is 701.